The molecule has 3 aromatic rings. The zero-order chi connectivity index (χ0) is 17.8. The highest BCUT2D eigenvalue weighted by molar-refractivity contribution is 7.19. The highest BCUT2D eigenvalue weighted by Crippen LogP contribution is 2.28. The molecule has 0 radical (unpaired) electrons. The third-order valence-corrected chi connectivity index (χ3v) is 4.63. The van der Waals surface area contributed by atoms with Crippen LogP contribution in [-0.2, 0) is 0 Å². The van der Waals surface area contributed by atoms with E-state index in [1.165, 1.54) is 11.3 Å². The van der Waals surface area contributed by atoms with Gasteiger partial charge in [-0.2, -0.15) is 0 Å². The maximum Gasteiger partial charge on any atom is 0.271 e. The highest BCUT2D eigenvalue weighted by Gasteiger charge is 2.18. The summed E-state index contributed by atoms with van der Waals surface area (Å²) in [6.45, 7) is 3.98. The standard InChI is InChI=1S/C17H19N5O2S/c1-10-9-13-15(25-10)14(16(24)19-7-8-23)22-17(21-13)20-11(2)12-5-3-4-6-18-12/h3-6,9,11,23H,7-8H2,1-2H3,(H,19,24)(H,20,21,22). The van der Waals surface area contributed by atoms with Gasteiger partial charge >= 0.3 is 0 Å². The molecule has 8 heteroatoms. The summed E-state index contributed by atoms with van der Waals surface area (Å²) in [6, 6.07) is 7.52. The van der Waals surface area contributed by atoms with Crippen LogP contribution in [0.4, 0.5) is 5.95 Å². The van der Waals surface area contributed by atoms with Gasteiger partial charge in [-0.25, -0.2) is 9.97 Å². The number of fused-ring (bicyclic) bond motifs is 1. The van der Waals surface area contributed by atoms with Crippen molar-refractivity contribution < 1.29 is 9.90 Å². The third kappa shape index (κ3) is 3.92. The Labute approximate surface area is 149 Å². The van der Waals surface area contributed by atoms with Crippen LogP contribution in [0.2, 0.25) is 0 Å². The van der Waals surface area contributed by atoms with E-state index in [1.54, 1.807) is 6.20 Å². The number of carbonyl (C=O) groups is 1. The van der Waals surface area contributed by atoms with E-state index >= 15 is 0 Å². The summed E-state index contributed by atoms with van der Waals surface area (Å²) in [5.74, 6) is 0.0504. The molecule has 0 aliphatic heterocycles. The second-order valence-corrected chi connectivity index (χ2v) is 6.82. The van der Waals surface area contributed by atoms with Crippen LogP contribution in [-0.4, -0.2) is 39.1 Å². The number of nitrogens with zero attached hydrogens (tertiary/aromatic N) is 3. The smallest absolute Gasteiger partial charge is 0.271 e. The number of rotatable bonds is 6. The van der Waals surface area contributed by atoms with Crippen molar-refractivity contribution in [3.63, 3.8) is 0 Å². The van der Waals surface area contributed by atoms with Crippen molar-refractivity contribution in [3.8, 4) is 0 Å². The molecular weight excluding hydrogens is 338 g/mol. The van der Waals surface area contributed by atoms with Gasteiger partial charge in [-0.15, -0.1) is 11.3 Å². The van der Waals surface area contributed by atoms with Crippen molar-refractivity contribution in [2.45, 2.75) is 19.9 Å². The first kappa shape index (κ1) is 17.2. The summed E-state index contributed by atoms with van der Waals surface area (Å²) in [6.07, 6.45) is 1.73. The van der Waals surface area contributed by atoms with Crippen molar-refractivity contribution in [1.82, 2.24) is 20.3 Å². The summed E-state index contributed by atoms with van der Waals surface area (Å²) in [5.41, 5.74) is 1.90. The predicted molar refractivity (Wildman–Crippen MR) is 97.8 cm³/mol. The average Bonchev–Trinajstić information content (AvgIpc) is 2.99. The number of aliphatic hydroxyl groups is 1. The molecule has 0 aliphatic rings. The number of anilines is 1. The summed E-state index contributed by atoms with van der Waals surface area (Å²) < 4.78 is 0.740. The molecule has 0 aromatic carbocycles. The summed E-state index contributed by atoms with van der Waals surface area (Å²) in [4.78, 5) is 26.7. The van der Waals surface area contributed by atoms with Crippen molar-refractivity contribution in [1.29, 1.82) is 0 Å². The fraction of sp³-hybridized carbons (Fsp3) is 0.294. The number of aliphatic hydroxyl groups excluding tert-OH is 1. The van der Waals surface area contributed by atoms with Gasteiger partial charge in [-0.05, 0) is 32.0 Å². The largest absolute Gasteiger partial charge is 0.395 e. The fourth-order valence-electron chi connectivity index (χ4n) is 2.42. The molecule has 3 N–H and O–H groups in total. The number of thiophene rings is 1. The monoisotopic (exact) mass is 357 g/mol. The summed E-state index contributed by atoms with van der Waals surface area (Å²) in [7, 11) is 0. The van der Waals surface area contributed by atoms with Gasteiger partial charge in [0.2, 0.25) is 5.95 Å². The third-order valence-electron chi connectivity index (χ3n) is 3.58. The van der Waals surface area contributed by atoms with Gasteiger partial charge in [0.15, 0.2) is 5.69 Å². The minimum Gasteiger partial charge on any atom is -0.395 e. The minimum absolute atomic E-state index is 0.105. The number of pyridine rings is 1. The van der Waals surface area contributed by atoms with Crippen LogP contribution in [0.3, 0.4) is 0 Å². The van der Waals surface area contributed by atoms with Crippen LogP contribution in [0.15, 0.2) is 30.5 Å². The Balaban J connectivity index is 1.94. The van der Waals surface area contributed by atoms with Crippen LogP contribution in [0.5, 0.6) is 0 Å². The van der Waals surface area contributed by atoms with Gasteiger partial charge in [0.25, 0.3) is 5.91 Å². The van der Waals surface area contributed by atoms with Gasteiger partial charge in [0.05, 0.1) is 28.6 Å². The Morgan fingerprint density at radius 3 is 2.92 bits per heavy atom. The molecule has 130 valence electrons. The predicted octanol–water partition coefficient (Wildman–Crippen LogP) is 2.29. The van der Waals surface area contributed by atoms with E-state index in [4.69, 9.17) is 5.11 Å². The summed E-state index contributed by atoms with van der Waals surface area (Å²) >= 11 is 1.48. The number of carbonyl (C=O) groups excluding carboxylic acids is 1. The molecule has 1 atom stereocenters. The lowest BCUT2D eigenvalue weighted by atomic mass is 10.2. The van der Waals surface area contributed by atoms with Gasteiger partial charge in [-0.1, -0.05) is 6.07 Å². The molecule has 1 unspecified atom stereocenters. The van der Waals surface area contributed by atoms with Crippen LogP contribution in [0, 0.1) is 6.92 Å². The maximum atomic E-state index is 12.4. The van der Waals surface area contributed by atoms with Gasteiger partial charge in [0, 0.05) is 17.6 Å². The van der Waals surface area contributed by atoms with Crippen LogP contribution >= 0.6 is 11.3 Å². The van der Waals surface area contributed by atoms with E-state index in [9.17, 15) is 4.79 Å². The first-order valence-corrected chi connectivity index (χ1v) is 8.75. The Morgan fingerprint density at radius 1 is 1.36 bits per heavy atom. The van der Waals surface area contributed by atoms with E-state index in [0.717, 1.165) is 20.8 Å². The fourth-order valence-corrected chi connectivity index (χ4v) is 3.36. The molecule has 3 rings (SSSR count). The molecule has 7 nitrogen and oxygen atoms in total. The second-order valence-electron chi connectivity index (χ2n) is 5.57. The molecule has 3 heterocycles. The average molecular weight is 357 g/mol. The Morgan fingerprint density at radius 2 is 2.20 bits per heavy atom. The van der Waals surface area contributed by atoms with Crippen molar-refractivity contribution in [2.75, 3.05) is 18.5 Å². The SMILES string of the molecule is Cc1cc2nc(NC(C)c3ccccn3)nc(C(=O)NCCO)c2s1. The van der Waals surface area contributed by atoms with Crippen molar-refractivity contribution in [2.24, 2.45) is 0 Å². The lowest BCUT2D eigenvalue weighted by Crippen LogP contribution is -2.27. The highest BCUT2D eigenvalue weighted by atomic mass is 32.1. The van der Waals surface area contributed by atoms with E-state index in [-0.39, 0.29) is 25.1 Å². The lowest BCUT2D eigenvalue weighted by Gasteiger charge is -2.14. The zero-order valence-electron chi connectivity index (χ0n) is 14.0. The second kappa shape index (κ2) is 7.54. The zero-order valence-corrected chi connectivity index (χ0v) is 14.8. The van der Waals surface area contributed by atoms with Crippen molar-refractivity contribution in [3.05, 3.63) is 46.7 Å². The van der Waals surface area contributed by atoms with E-state index in [1.807, 2.05) is 38.1 Å². The van der Waals surface area contributed by atoms with Gasteiger partial charge in [-0.3, -0.25) is 9.78 Å². The number of aromatic nitrogens is 3. The minimum atomic E-state index is -0.322. The Kier molecular flexibility index (Phi) is 5.20. The van der Waals surface area contributed by atoms with Crippen LogP contribution < -0.4 is 10.6 Å². The lowest BCUT2D eigenvalue weighted by molar-refractivity contribution is 0.0942. The van der Waals surface area contributed by atoms with E-state index < -0.39 is 0 Å². The molecular formula is C17H19N5O2S. The van der Waals surface area contributed by atoms with E-state index in [2.05, 4.69) is 25.6 Å². The molecule has 1 amide bonds. The van der Waals surface area contributed by atoms with E-state index in [0.29, 0.717) is 11.6 Å². The molecule has 3 aromatic heterocycles. The molecule has 0 fully saturated rings. The molecule has 0 saturated carbocycles. The topological polar surface area (TPSA) is 100 Å². The number of nitrogens with one attached hydrogen (secondary N) is 2. The Hall–Kier alpha value is -2.58. The Bertz CT molecular complexity index is 881. The van der Waals surface area contributed by atoms with Gasteiger partial charge < -0.3 is 15.7 Å². The quantitative estimate of drug-likeness (QED) is 0.626. The van der Waals surface area contributed by atoms with Crippen LogP contribution in [0.1, 0.15) is 34.0 Å². The molecule has 0 bridgehead atoms. The first-order valence-electron chi connectivity index (χ1n) is 7.93. The molecule has 0 saturated heterocycles. The van der Waals surface area contributed by atoms with Crippen molar-refractivity contribution >= 4 is 33.4 Å². The maximum absolute atomic E-state index is 12.4. The summed E-state index contributed by atoms with van der Waals surface area (Å²) in [5, 5.41) is 14.8. The molecule has 0 spiro atoms. The molecule has 25 heavy (non-hydrogen) atoms. The van der Waals surface area contributed by atoms with Gasteiger partial charge in [0.1, 0.15) is 0 Å². The van der Waals surface area contributed by atoms with Crippen LogP contribution in [0.25, 0.3) is 10.2 Å². The number of hydrogen-bond donors (Lipinski definition) is 3. The first-order chi connectivity index (χ1) is 12.1. The number of amides is 1. The molecule has 0 aliphatic carbocycles. The number of hydrogen-bond acceptors (Lipinski definition) is 7. The normalized spacial score (nSPS) is 12.1. The number of aryl methyl sites for hydroxylation is 1.